The number of H-pyrrole nitrogens is 1. The molecule has 0 saturated heterocycles. The van der Waals surface area contributed by atoms with Gasteiger partial charge in [0.2, 0.25) is 10.0 Å². The number of sulfonamides is 1. The standard InChI is InChI=1S/C12H12N4O3S/c13-20(18,19)9-1-2-11-8(7-9)4-6-16(11)12(17)10-3-5-14-15-10/h1-3,5,7H,4,6H2,(H,14,15)(H2,13,18,19). The van der Waals surface area contributed by atoms with Crippen LogP contribution in [0.25, 0.3) is 0 Å². The van der Waals surface area contributed by atoms with Crippen molar-refractivity contribution >= 4 is 21.6 Å². The first kappa shape index (κ1) is 12.8. The lowest BCUT2D eigenvalue weighted by molar-refractivity contribution is 0.0984. The lowest BCUT2D eigenvalue weighted by Gasteiger charge is -2.16. The molecule has 8 heteroatoms. The van der Waals surface area contributed by atoms with Gasteiger partial charge in [0, 0.05) is 18.4 Å². The fraction of sp³-hybridized carbons (Fsp3) is 0.167. The molecule has 1 aromatic heterocycles. The Morgan fingerprint density at radius 3 is 2.80 bits per heavy atom. The molecule has 2 aromatic rings. The highest BCUT2D eigenvalue weighted by atomic mass is 32.2. The van der Waals surface area contributed by atoms with Crippen LogP contribution in [0, 0.1) is 0 Å². The zero-order valence-electron chi connectivity index (χ0n) is 10.4. The Morgan fingerprint density at radius 2 is 2.15 bits per heavy atom. The van der Waals surface area contributed by atoms with E-state index in [0.717, 1.165) is 5.56 Å². The van der Waals surface area contributed by atoms with Crippen molar-refractivity contribution in [3.8, 4) is 0 Å². The summed E-state index contributed by atoms with van der Waals surface area (Å²) in [5, 5.41) is 11.5. The molecule has 0 aliphatic carbocycles. The van der Waals surface area contributed by atoms with Gasteiger partial charge < -0.3 is 4.90 Å². The number of fused-ring (bicyclic) bond motifs is 1. The fourth-order valence-corrected chi connectivity index (χ4v) is 2.85. The van der Waals surface area contributed by atoms with Crippen LogP contribution in [-0.2, 0) is 16.4 Å². The van der Waals surface area contributed by atoms with Gasteiger partial charge >= 0.3 is 0 Å². The van der Waals surface area contributed by atoms with Crippen molar-refractivity contribution in [1.29, 1.82) is 0 Å². The normalized spacial score (nSPS) is 14.3. The Labute approximate surface area is 115 Å². The summed E-state index contributed by atoms with van der Waals surface area (Å²) in [6.07, 6.45) is 2.10. The topological polar surface area (TPSA) is 109 Å². The number of nitrogens with zero attached hydrogens (tertiary/aromatic N) is 2. The van der Waals surface area contributed by atoms with E-state index >= 15 is 0 Å². The Kier molecular flexibility index (Phi) is 2.84. The zero-order chi connectivity index (χ0) is 14.3. The van der Waals surface area contributed by atoms with Crippen molar-refractivity contribution in [2.24, 2.45) is 5.14 Å². The zero-order valence-corrected chi connectivity index (χ0v) is 11.2. The molecule has 0 atom stereocenters. The van der Waals surface area contributed by atoms with Gasteiger partial charge in [0.05, 0.1) is 4.90 Å². The molecular formula is C12H12N4O3S. The van der Waals surface area contributed by atoms with Gasteiger partial charge in [-0.1, -0.05) is 0 Å². The molecule has 1 aromatic carbocycles. The Morgan fingerprint density at radius 1 is 1.35 bits per heavy atom. The molecule has 20 heavy (non-hydrogen) atoms. The monoisotopic (exact) mass is 292 g/mol. The third-order valence-electron chi connectivity index (χ3n) is 3.25. The van der Waals surface area contributed by atoms with Crippen LogP contribution in [0.5, 0.6) is 0 Å². The summed E-state index contributed by atoms with van der Waals surface area (Å²) in [6.45, 7) is 0.501. The molecule has 0 radical (unpaired) electrons. The Hall–Kier alpha value is -2.19. The second-order valence-corrected chi connectivity index (χ2v) is 6.07. The van der Waals surface area contributed by atoms with Crippen LogP contribution in [0.4, 0.5) is 5.69 Å². The molecule has 1 aliphatic heterocycles. The van der Waals surface area contributed by atoms with Crippen molar-refractivity contribution < 1.29 is 13.2 Å². The molecule has 0 bridgehead atoms. The average Bonchev–Trinajstić information content (AvgIpc) is 3.06. The minimum atomic E-state index is -3.72. The van der Waals surface area contributed by atoms with Gasteiger partial charge in [-0.3, -0.25) is 9.89 Å². The van der Waals surface area contributed by atoms with Crippen LogP contribution < -0.4 is 10.0 Å². The first-order valence-corrected chi connectivity index (χ1v) is 7.48. The van der Waals surface area contributed by atoms with E-state index in [2.05, 4.69) is 10.2 Å². The van der Waals surface area contributed by atoms with Crippen LogP contribution >= 0.6 is 0 Å². The van der Waals surface area contributed by atoms with Gasteiger partial charge in [-0.15, -0.1) is 0 Å². The van der Waals surface area contributed by atoms with E-state index in [1.807, 2.05) is 0 Å². The van der Waals surface area contributed by atoms with Crippen molar-refractivity contribution in [2.75, 3.05) is 11.4 Å². The molecule has 1 aliphatic rings. The number of carbonyl (C=O) groups excluding carboxylic acids is 1. The molecule has 2 heterocycles. The van der Waals surface area contributed by atoms with Gasteiger partial charge in [-0.2, -0.15) is 5.10 Å². The second kappa shape index (κ2) is 4.43. The number of carbonyl (C=O) groups is 1. The van der Waals surface area contributed by atoms with Crippen molar-refractivity contribution in [1.82, 2.24) is 10.2 Å². The number of nitrogens with two attached hydrogens (primary N) is 1. The lowest BCUT2D eigenvalue weighted by atomic mass is 10.2. The third-order valence-corrected chi connectivity index (χ3v) is 4.16. The van der Waals surface area contributed by atoms with Gasteiger partial charge in [0.25, 0.3) is 5.91 Å². The van der Waals surface area contributed by atoms with Crippen LogP contribution in [0.1, 0.15) is 16.1 Å². The van der Waals surface area contributed by atoms with Crippen molar-refractivity contribution in [2.45, 2.75) is 11.3 Å². The van der Waals surface area contributed by atoms with E-state index in [1.54, 1.807) is 17.0 Å². The smallest absolute Gasteiger partial charge is 0.276 e. The maximum absolute atomic E-state index is 12.3. The number of rotatable bonds is 2. The molecular weight excluding hydrogens is 280 g/mol. The number of nitrogens with one attached hydrogen (secondary N) is 1. The van der Waals surface area contributed by atoms with Crippen LogP contribution in [-0.4, -0.2) is 31.1 Å². The lowest BCUT2D eigenvalue weighted by Crippen LogP contribution is -2.29. The molecule has 1 amide bonds. The Balaban J connectivity index is 1.98. The van der Waals surface area contributed by atoms with Crippen LogP contribution in [0.15, 0.2) is 35.4 Å². The highest BCUT2D eigenvalue weighted by Crippen LogP contribution is 2.30. The SMILES string of the molecule is NS(=O)(=O)c1ccc2c(c1)CCN2C(=O)c1ccn[nH]1. The van der Waals surface area contributed by atoms with E-state index in [4.69, 9.17) is 5.14 Å². The number of hydrogen-bond donors (Lipinski definition) is 2. The highest BCUT2D eigenvalue weighted by Gasteiger charge is 2.27. The third kappa shape index (κ3) is 2.08. The van der Waals surface area contributed by atoms with Gasteiger partial charge in [-0.05, 0) is 36.2 Å². The molecule has 7 nitrogen and oxygen atoms in total. The Bertz CT molecular complexity index is 768. The summed E-state index contributed by atoms with van der Waals surface area (Å²) in [5.74, 6) is -0.190. The van der Waals surface area contributed by atoms with Gasteiger partial charge in [-0.25, -0.2) is 13.6 Å². The summed E-state index contributed by atoms with van der Waals surface area (Å²) in [5.41, 5.74) is 1.90. The van der Waals surface area contributed by atoms with Crippen molar-refractivity contribution in [3.05, 3.63) is 41.7 Å². The van der Waals surface area contributed by atoms with Crippen molar-refractivity contribution in [3.63, 3.8) is 0 Å². The molecule has 3 N–H and O–H groups in total. The molecule has 0 spiro atoms. The van der Waals surface area contributed by atoms with Crippen LogP contribution in [0.2, 0.25) is 0 Å². The number of anilines is 1. The summed E-state index contributed by atoms with van der Waals surface area (Å²) in [7, 11) is -3.72. The molecule has 0 unspecified atom stereocenters. The summed E-state index contributed by atoms with van der Waals surface area (Å²) >= 11 is 0. The predicted molar refractivity (Wildman–Crippen MR) is 71.8 cm³/mol. The van der Waals surface area contributed by atoms with E-state index in [1.165, 1.54) is 18.3 Å². The first-order chi connectivity index (χ1) is 9.47. The number of primary sulfonamides is 1. The average molecular weight is 292 g/mol. The number of aromatic nitrogens is 2. The van der Waals surface area contributed by atoms with E-state index in [9.17, 15) is 13.2 Å². The second-order valence-electron chi connectivity index (χ2n) is 4.51. The minimum Gasteiger partial charge on any atom is -0.306 e. The van der Waals surface area contributed by atoms with E-state index in [-0.39, 0.29) is 10.8 Å². The summed E-state index contributed by atoms with van der Waals surface area (Å²) in [4.78, 5) is 13.9. The van der Waals surface area contributed by atoms with Gasteiger partial charge in [0.1, 0.15) is 5.69 Å². The first-order valence-electron chi connectivity index (χ1n) is 5.94. The van der Waals surface area contributed by atoms with E-state index in [0.29, 0.717) is 24.3 Å². The largest absolute Gasteiger partial charge is 0.306 e. The summed E-state index contributed by atoms with van der Waals surface area (Å²) < 4.78 is 22.6. The number of amides is 1. The summed E-state index contributed by atoms with van der Waals surface area (Å²) in [6, 6.07) is 6.13. The molecule has 0 fully saturated rings. The molecule has 3 rings (SSSR count). The number of hydrogen-bond acceptors (Lipinski definition) is 4. The quantitative estimate of drug-likeness (QED) is 0.827. The molecule has 104 valence electrons. The fourth-order valence-electron chi connectivity index (χ4n) is 2.29. The number of benzene rings is 1. The predicted octanol–water partition coefficient (Wildman–Crippen LogP) is 0.260. The minimum absolute atomic E-state index is 0.0621. The molecule has 0 saturated carbocycles. The van der Waals surface area contributed by atoms with Crippen LogP contribution in [0.3, 0.4) is 0 Å². The maximum atomic E-state index is 12.3. The maximum Gasteiger partial charge on any atom is 0.276 e. The van der Waals surface area contributed by atoms with Gasteiger partial charge in [0.15, 0.2) is 0 Å². The highest BCUT2D eigenvalue weighted by molar-refractivity contribution is 7.89. The van der Waals surface area contributed by atoms with E-state index < -0.39 is 10.0 Å². The number of aromatic amines is 1.